The molecule has 12 heteroatoms. The van der Waals surface area contributed by atoms with Crippen molar-refractivity contribution in [2.75, 3.05) is 11.9 Å². The number of oxazole rings is 1. The van der Waals surface area contributed by atoms with Gasteiger partial charge >= 0.3 is 12.3 Å². The summed E-state index contributed by atoms with van der Waals surface area (Å²) in [5.74, 6) is -3.71. The number of nitrogens with one attached hydrogen (secondary N) is 1. The standard InChI is InChI=1S/C21H15F5N2O5/c22-14-2-1-3-15(23)20(14)16-10-27-18(32-16)8-9-19(30)31-11-17(29)28-12-4-6-13(7-5-12)33-21(24,25)26/h1-7,10H,8-9,11H2,(H,28,29). The molecule has 2 aromatic carbocycles. The molecule has 1 N–H and O–H groups in total. The van der Waals surface area contributed by atoms with Gasteiger partial charge in [0.25, 0.3) is 5.91 Å². The molecule has 0 aliphatic carbocycles. The number of amides is 1. The average molecular weight is 470 g/mol. The second-order valence-corrected chi connectivity index (χ2v) is 6.50. The fourth-order valence-corrected chi connectivity index (χ4v) is 2.64. The average Bonchev–Trinajstić information content (AvgIpc) is 3.19. The first kappa shape index (κ1) is 23.7. The number of ether oxygens (including phenoxy) is 2. The van der Waals surface area contributed by atoms with Gasteiger partial charge < -0.3 is 19.2 Å². The molecule has 3 aromatic rings. The van der Waals surface area contributed by atoms with Gasteiger partial charge in [-0.15, -0.1) is 13.2 Å². The molecule has 0 saturated carbocycles. The highest BCUT2D eigenvalue weighted by molar-refractivity contribution is 5.92. The van der Waals surface area contributed by atoms with Crippen LogP contribution < -0.4 is 10.1 Å². The van der Waals surface area contributed by atoms with Crippen LogP contribution in [0.5, 0.6) is 5.75 Å². The number of halogens is 5. The van der Waals surface area contributed by atoms with Gasteiger partial charge in [0.1, 0.15) is 17.4 Å². The van der Waals surface area contributed by atoms with Crippen LogP contribution in [0.3, 0.4) is 0 Å². The molecule has 0 aliphatic heterocycles. The van der Waals surface area contributed by atoms with Crippen molar-refractivity contribution in [3.05, 3.63) is 66.2 Å². The third-order valence-corrected chi connectivity index (χ3v) is 4.04. The van der Waals surface area contributed by atoms with E-state index in [0.717, 1.165) is 30.5 Å². The number of carbonyl (C=O) groups excluding carboxylic acids is 2. The second-order valence-electron chi connectivity index (χ2n) is 6.50. The number of aromatic nitrogens is 1. The van der Waals surface area contributed by atoms with Crippen molar-refractivity contribution in [2.24, 2.45) is 0 Å². The van der Waals surface area contributed by atoms with Gasteiger partial charge in [-0.2, -0.15) is 0 Å². The van der Waals surface area contributed by atoms with Crippen molar-refractivity contribution in [3.8, 4) is 17.1 Å². The largest absolute Gasteiger partial charge is 0.573 e. The minimum Gasteiger partial charge on any atom is -0.456 e. The summed E-state index contributed by atoms with van der Waals surface area (Å²) in [7, 11) is 0. The summed E-state index contributed by atoms with van der Waals surface area (Å²) in [4.78, 5) is 27.5. The lowest BCUT2D eigenvalue weighted by Crippen LogP contribution is -2.21. The monoisotopic (exact) mass is 470 g/mol. The lowest BCUT2D eigenvalue weighted by Gasteiger charge is -2.10. The molecule has 0 spiro atoms. The first-order valence-electron chi connectivity index (χ1n) is 9.31. The Balaban J connectivity index is 1.43. The first-order chi connectivity index (χ1) is 15.6. The van der Waals surface area contributed by atoms with Crippen LogP contribution in [0.1, 0.15) is 12.3 Å². The number of alkyl halides is 3. The van der Waals surface area contributed by atoms with Crippen molar-refractivity contribution < 1.29 is 45.4 Å². The van der Waals surface area contributed by atoms with E-state index in [4.69, 9.17) is 9.15 Å². The molecule has 0 radical (unpaired) electrons. The fraction of sp³-hybridized carbons (Fsp3) is 0.190. The van der Waals surface area contributed by atoms with E-state index in [0.29, 0.717) is 0 Å². The van der Waals surface area contributed by atoms with Crippen molar-refractivity contribution in [3.63, 3.8) is 0 Å². The highest BCUT2D eigenvalue weighted by Gasteiger charge is 2.31. The topological polar surface area (TPSA) is 90.7 Å². The number of aryl methyl sites for hydroxylation is 1. The van der Waals surface area contributed by atoms with E-state index < -0.39 is 42.2 Å². The van der Waals surface area contributed by atoms with Gasteiger partial charge in [0.05, 0.1) is 18.2 Å². The molecule has 0 saturated heterocycles. The van der Waals surface area contributed by atoms with Crippen molar-refractivity contribution >= 4 is 17.6 Å². The van der Waals surface area contributed by atoms with Crippen LogP contribution in [0.4, 0.5) is 27.6 Å². The van der Waals surface area contributed by atoms with E-state index in [-0.39, 0.29) is 35.7 Å². The van der Waals surface area contributed by atoms with Gasteiger partial charge in [-0.05, 0) is 36.4 Å². The van der Waals surface area contributed by atoms with E-state index >= 15 is 0 Å². The molecule has 0 bridgehead atoms. The highest BCUT2D eigenvalue weighted by atomic mass is 19.4. The van der Waals surface area contributed by atoms with E-state index in [2.05, 4.69) is 15.0 Å². The molecule has 0 atom stereocenters. The van der Waals surface area contributed by atoms with Crippen LogP contribution >= 0.6 is 0 Å². The predicted octanol–water partition coefficient (Wildman–Crippen LogP) is 4.63. The summed E-state index contributed by atoms with van der Waals surface area (Å²) in [6, 6.07) is 7.70. The lowest BCUT2D eigenvalue weighted by molar-refractivity contribution is -0.274. The maximum atomic E-state index is 13.8. The summed E-state index contributed by atoms with van der Waals surface area (Å²) >= 11 is 0. The van der Waals surface area contributed by atoms with Gasteiger partial charge in [0.15, 0.2) is 18.3 Å². The number of anilines is 1. The van der Waals surface area contributed by atoms with Gasteiger partial charge in [0.2, 0.25) is 0 Å². The molecular weight excluding hydrogens is 455 g/mol. The smallest absolute Gasteiger partial charge is 0.456 e. The third kappa shape index (κ3) is 7.02. The fourth-order valence-electron chi connectivity index (χ4n) is 2.64. The van der Waals surface area contributed by atoms with Crippen LogP contribution in [0.25, 0.3) is 11.3 Å². The molecule has 0 fully saturated rings. The zero-order chi connectivity index (χ0) is 24.0. The number of hydrogen-bond acceptors (Lipinski definition) is 6. The Bertz CT molecular complexity index is 1110. The zero-order valence-electron chi connectivity index (χ0n) is 16.6. The van der Waals surface area contributed by atoms with E-state index in [1.165, 1.54) is 18.2 Å². The molecular formula is C21H15F5N2O5. The molecule has 1 amide bonds. The SMILES string of the molecule is O=C(COC(=O)CCc1ncc(-c2c(F)cccc2F)o1)Nc1ccc(OC(F)(F)F)cc1. The summed E-state index contributed by atoms with van der Waals surface area (Å²) < 4.78 is 77.7. The first-order valence-corrected chi connectivity index (χ1v) is 9.31. The van der Waals surface area contributed by atoms with Crippen LogP contribution in [0, 0.1) is 11.6 Å². The van der Waals surface area contributed by atoms with Gasteiger partial charge in [-0.3, -0.25) is 9.59 Å². The Hall–Kier alpha value is -3.96. The Morgan fingerprint density at radius 1 is 1.03 bits per heavy atom. The highest BCUT2D eigenvalue weighted by Crippen LogP contribution is 2.27. The zero-order valence-corrected chi connectivity index (χ0v) is 16.6. The molecule has 1 heterocycles. The number of rotatable bonds is 8. The molecule has 1 aromatic heterocycles. The second kappa shape index (κ2) is 10.1. The van der Waals surface area contributed by atoms with Crippen LogP contribution in [0.15, 0.2) is 53.1 Å². The minimum absolute atomic E-state index is 0.0372. The Morgan fingerprint density at radius 2 is 1.70 bits per heavy atom. The van der Waals surface area contributed by atoms with Crippen LogP contribution in [-0.4, -0.2) is 29.8 Å². The Morgan fingerprint density at radius 3 is 2.33 bits per heavy atom. The summed E-state index contributed by atoms with van der Waals surface area (Å²) in [6.45, 7) is -0.642. The quantitative estimate of drug-likeness (QED) is 0.381. The van der Waals surface area contributed by atoms with E-state index in [9.17, 15) is 31.5 Å². The lowest BCUT2D eigenvalue weighted by atomic mass is 10.1. The molecule has 7 nitrogen and oxygen atoms in total. The Kier molecular flexibility index (Phi) is 7.26. The molecule has 33 heavy (non-hydrogen) atoms. The molecule has 0 unspecified atom stereocenters. The van der Waals surface area contributed by atoms with Crippen molar-refractivity contribution in [1.29, 1.82) is 0 Å². The number of hydrogen-bond donors (Lipinski definition) is 1. The van der Waals surface area contributed by atoms with Gasteiger partial charge in [-0.1, -0.05) is 6.07 Å². The number of carbonyl (C=O) groups is 2. The predicted molar refractivity (Wildman–Crippen MR) is 103 cm³/mol. The number of esters is 1. The van der Waals surface area contributed by atoms with E-state index in [1.54, 1.807) is 0 Å². The molecule has 174 valence electrons. The maximum absolute atomic E-state index is 13.8. The summed E-state index contributed by atoms with van der Waals surface area (Å²) in [5.41, 5.74) is -0.216. The van der Waals surface area contributed by atoms with Crippen LogP contribution in [0.2, 0.25) is 0 Å². The number of benzene rings is 2. The van der Waals surface area contributed by atoms with Crippen LogP contribution in [-0.2, 0) is 20.7 Å². The van der Waals surface area contributed by atoms with E-state index in [1.807, 2.05) is 0 Å². The third-order valence-electron chi connectivity index (χ3n) is 4.04. The normalized spacial score (nSPS) is 11.2. The van der Waals surface area contributed by atoms with Crippen molar-refractivity contribution in [2.45, 2.75) is 19.2 Å². The van der Waals surface area contributed by atoms with Gasteiger partial charge in [-0.25, -0.2) is 13.8 Å². The number of nitrogens with zero attached hydrogens (tertiary/aromatic N) is 1. The van der Waals surface area contributed by atoms with Crippen molar-refractivity contribution in [1.82, 2.24) is 4.98 Å². The summed E-state index contributed by atoms with van der Waals surface area (Å²) in [5, 5.41) is 2.34. The maximum Gasteiger partial charge on any atom is 0.573 e. The van der Waals surface area contributed by atoms with Gasteiger partial charge in [0, 0.05) is 12.1 Å². The Labute approximate surface area is 183 Å². The molecule has 0 aliphatic rings. The molecule has 3 rings (SSSR count). The summed E-state index contributed by atoms with van der Waals surface area (Å²) in [6.07, 6.45) is -3.98. The minimum atomic E-state index is -4.83.